The molecule has 3 rings (SSSR count). The molecule has 3 aromatic heterocycles. The van der Waals surface area contributed by atoms with Crippen LogP contribution in [0.25, 0.3) is 23.0 Å². The lowest BCUT2D eigenvalue weighted by Gasteiger charge is -1.96. The lowest BCUT2D eigenvalue weighted by Crippen LogP contribution is -1.93. The number of anilines is 1. The molecule has 0 spiro atoms. The second-order valence-electron chi connectivity index (χ2n) is 3.58. The third-order valence-electron chi connectivity index (χ3n) is 2.43. The van der Waals surface area contributed by atoms with Gasteiger partial charge in [-0.15, -0.1) is 21.5 Å². The van der Waals surface area contributed by atoms with Crippen LogP contribution in [0.15, 0.2) is 28.1 Å². The van der Waals surface area contributed by atoms with Gasteiger partial charge in [0.05, 0.1) is 17.7 Å². The fourth-order valence-corrected chi connectivity index (χ4v) is 2.12. The fraction of sp³-hybridized carbons (Fsp3) is 0.0909. The highest BCUT2D eigenvalue weighted by molar-refractivity contribution is 7.14. The van der Waals surface area contributed by atoms with Crippen molar-refractivity contribution in [1.29, 1.82) is 0 Å². The van der Waals surface area contributed by atoms with Crippen LogP contribution in [0, 0.1) is 0 Å². The first kappa shape index (κ1) is 11.6. The molecule has 0 bridgehead atoms. The maximum Gasteiger partial charge on any atom is 0.261 e. The third kappa shape index (κ3) is 2.13. The van der Waals surface area contributed by atoms with E-state index >= 15 is 0 Å². The van der Waals surface area contributed by atoms with Crippen LogP contribution in [0.3, 0.4) is 0 Å². The van der Waals surface area contributed by atoms with Gasteiger partial charge in [-0.25, -0.2) is 0 Å². The van der Waals surface area contributed by atoms with Crippen molar-refractivity contribution in [2.24, 2.45) is 0 Å². The number of aromatic nitrogens is 4. The monoisotopic (exact) mass is 275 g/mol. The van der Waals surface area contributed by atoms with Crippen LogP contribution in [0.4, 0.5) is 5.00 Å². The Kier molecular flexibility index (Phi) is 2.84. The zero-order valence-electron chi connectivity index (χ0n) is 9.90. The van der Waals surface area contributed by atoms with Gasteiger partial charge in [-0.05, 0) is 17.5 Å². The lowest BCUT2D eigenvalue weighted by molar-refractivity contribution is 0.392. The number of ether oxygens (including phenoxy) is 1. The molecule has 0 aliphatic rings. The molecule has 0 aliphatic heterocycles. The van der Waals surface area contributed by atoms with Crippen molar-refractivity contribution in [2.75, 3.05) is 12.8 Å². The predicted molar refractivity (Wildman–Crippen MR) is 69.6 cm³/mol. The maximum atomic E-state index is 5.80. The molecule has 3 heterocycles. The Balaban J connectivity index is 1.94. The normalized spacial score (nSPS) is 10.6. The Morgan fingerprint density at radius 3 is 2.79 bits per heavy atom. The summed E-state index contributed by atoms with van der Waals surface area (Å²) in [6.07, 6.45) is 0. The molecule has 0 unspecified atom stereocenters. The minimum absolute atomic E-state index is 0.357. The molecule has 0 radical (unpaired) electrons. The fourth-order valence-electron chi connectivity index (χ4n) is 1.48. The number of methoxy groups -OCH3 is 1. The first-order valence-corrected chi connectivity index (χ1v) is 6.21. The maximum absolute atomic E-state index is 5.80. The summed E-state index contributed by atoms with van der Waals surface area (Å²) in [5.74, 6) is 1.15. The van der Waals surface area contributed by atoms with Gasteiger partial charge < -0.3 is 15.0 Å². The largest absolute Gasteiger partial charge is 0.480 e. The van der Waals surface area contributed by atoms with Crippen molar-refractivity contribution >= 4 is 16.3 Å². The van der Waals surface area contributed by atoms with Gasteiger partial charge in [0.1, 0.15) is 5.69 Å². The Labute approximate surface area is 112 Å². The molecule has 7 nitrogen and oxygen atoms in total. The Bertz CT molecular complexity index is 691. The molecule has 0 aliphatic carbocycles. The first-order chi connectivity index (χ1) is 9.28. The average molecular weight is 275 g/mol. The molecule has 0 aromatic carbocycles. The summed E-state index contributed by atoms with van der Waals surface area (Å²) in [6, 6.07) is 5.21. The number of nitrogens with two attached hydrogens (primary N) is 1. The van der Waals surface area contributed by atoms with Crippen molar-refractivity contribution in [3.8, 4) is 28.9 Å². The van der Waals surface area contributed by atoms with Crippen LogP contribution in [0.1, 0.15) is 0 Å². The van der Waals surface area contributed by atoms with Crippen LogP contribution < -0.4 is 10.5 Å². The van der Waals surface area contributed by atoms with Gasteiger partial charge in [-0.1, -0.05) is 5.16 Å². The lowest BCUT2D eigenvalue weighted by atomic mass is 10.3. The molecular formula is C11H9N5O2S. The van der Waals surface area contributed by atoms with Gasteiger partial charge in [0.25, 0.3) is 5.89 Å². The first-order valence-electron chi connectivity index (χ1n) is 5.33. The van der Waals surface area contributed by atoms with Gasteiger partial charge in [0.15, 0.2) is 0 Å². The van der Waals surface area contributed by atoms with Crippen molar-refractivity contribution in [3.05, 3.63) is 23.6 Å². The van der Waals surface area contributed by atoms with E-state index in [1.165, 1.54) is 18.4 Å². The van der Waals surface area contributed by atoms with E-state index in [9.17, 15) is 0 Å². The van der Waals surface area contributed by atoms with E-state index in [2.05, 4.69) is 20.3 Å². The highest BCUT2D eigenvalue weighted by Gasteiger charge is 2.14. The Morgan fingerprint density at radius 2 is 2.16 bits per heavy atom. The Hall–Kier alpha value is -2.48. The second kappa shape index (κ2) is 4.65. The standard InChI is InChI=1S/C11H9N5O2S/c1-17-8-3-2-7(14-15-8)10-13-11(18-16-10)6-4-5-19-9(6)12/h2-5H,12H2,1H3. The van der Waals surface area contributed by atoms with Gasteiger partial charge in [-0.3, -0.25) is 0 Å². The summed E-state index contributed by atoms with van der Waals surface area (Å²) in [6.45, 7) is 0. The number of thiophene rings is 1. The van der Waals surface area contributed by atoms with E-state index in [0.717, 1.165) is 5.56 Å². The summed E-state index contributed by atoms with van der Waals surface area (Å²) < 4.78 is 10.1. The minimum atomic E-state index is 0.357. The average Bonchev–Trinajstić information content (AvgIpc) is 3.07. The van der Waals surface area contributed by atoms with Gasteiger partial charge in [0, 0.05) is 6.07 Å². The number of rotatable bonds is 3. The van der Waals surface area contributed by atoms with E-state index in [1.807, 2.05) is 11.4 Å². The topological polar surface area (TPSA) is 100.0 Å². The van der Waals surface area contributed by atoms with Gasteiger partial charge in [-0.2, -0.15) is 4.98 Å². The molecule has 96 valence electrons. The zero-order valence-corrected chi connectivity index (χ0v) is 10.7. The van der Waals surface area contributed by atoms with Crippen LogP contribution in [-0.2, 0) is 0 Å². The highest BCUT2D eigenvalue weighted by Crippen LogP contribution is 2.30. The van der Waals surface area contributed by atoms with E-state index in [0.29, 0.717) is 28.3 Å². The molecule has 19 heavy (non-hydrogen) atoms. The molecule has 0 saturated carbocycles. The van der Waals surface area contributed by atoms with Gasteiger partial charge in [0.2, 0.25) is 11.7 Å². The SMILES string of the molecule is COc1ccc(-c2noc(-c3ccsc3N)n2)nn1. The van der Waals surface area contributed by atoms with Crippen molar-refractivity contribution in [3.63, 3.8) is 0 Å². The van der Waals surface area contributed by atoms with Crippen molar-refractivity contribution in [1.82, 2.24) is 20.3 Å². The third-order valence-corrected chi connectivity index (χ3v) is 3.18. The minimum Gasteiger partial charge on any atom is -0.480 e. The summed E-state index contributed by atoms with van der Waals surface area (Å²) in [7, 11) is 1.52. The molecular weight excluding hydrogens is 266 g/mol. The molecule has 0 saturated heterocycles. The van der Waals surface area contributed by atoms with Crippen LogP contribution in [0.5, 0.6) is 5.88 Å². The smallest absolute Gasteiger partial charge is 0.261 e. The second-order valence-corrected chi connectivity index (χ2v) is 4.53. The predicted octanol–water partition coefficient (Wildman–Crippen LogP) is 1.85. The van der Waals surface area contributed by atoms with Gasteiger partial charge >= 0.3 is 0 Å². The quantitative estimate of drug-likeness (QED) is 0.778. The molecule has 0 fully saturated rings. The molecule has 3 aromatic rings. The summed E-state index contributed by atoms with van der Waals surface area (Å²) >= 11 is 1.41. The molecule has 8 heteroatoms. The van der Waals surface area contributed by atoms with E-state index in [-0.39, 0.29) is 0 Å². The molecule has 0 amide bonds. The molecule has 0 atom stereocenters. The van der Waals surface area contributed by atoms with E-state index in [4.69, 9.17) is 15.0 Å². The zero-order chi connectivity index (χ0) is 13.2. The summed E-state index contributed by atoms with van der Waals surface area (Å²) in [5, 5.41) is 14.2. The van der Waals surface area contributed by atoms with Crippen LogP contribution >= 0.6 is 11.3 Å². The number of nitrogens with zero attached hydrogens (tertiary/aromatic N) is 4. The van der Waals surface area contributed by atoms with E-state index in [1.54, 1.807) is 12.1 Å². The number of hydrogen-bond acceptors (Lipinski definition) is 8. The summed E-state index contributed by atoms with van der Waals surface area (Å²) in [5.41, 5.74) is 7.04. The van der Waals surface area contributed by atoms with Crippen molar-refractivity contribution in [2.45, 2.75) is 0 Å². The Morgan fingerprint density at radius 1 is 1.26 bits per heavy atom. The summed E-state index contributed by atoms with van der Waals surface area (Å²) in [4.78, 5) is 4.24. The number of hydrogen-bond donors (Lipinski definition) is 1. The van der Waals surface area contributed by atoms with Crippen LogP contribution in [0.2, 0.25) is 0 Å². The van der Waals surface area contributed by atoms with Crippen LogP contribution in [-0.4, -0.2) is 27.4 Å². The van der Waals surface area contributed by atoms with E-state index < -0.39 is 0 Å². The van der Waals surface area contributed by atoms with Crippen molar-refractivity contribution < 1.29 is 9.26 Å². The highest BCUT2D eigenvalue weighted by atomic mass is 32.1. The number of nitrogen functional groups attached to an aromatic ring is 1. The molecule has 2 N–H and O–H groups in total.